The van der Waals surface area contributed by atoms with Gasteiger partial charge >= 0.3 is 0 Å². The summed E-state index contributed by atoms with van der Waals surface area (Å²) < 4.78 is 0. The van der Waals surface area contributed by atoms with Gasteiger partial charge in [-0.3, -0.25) is 4.79 Å². The maximum absolute atomic E-state index is 12.1. The molecule has 2 aromatic rings. The van der Waals surface area contributed by atoms with Gasteiger partial charge in [-0.2, -0.15) is 4.98 Å². The molecule has 0 aliphatic rings. The number of aromatic nitrogens is 2. The largest absolute Gasteiger partial charge is 0.493 e. The molecule has 2 N–H and O–H groups in total. The van der Waals surface area contributed by atoms with E-state index < -0.39 is 0 Å². The molecule has 1 aromatic carbocycles. The molecule has 0 spiro atoms. The summed E-state index contributed by atoms with van der Waals surface area (Å²) in [5, 5.41) is 10.4. The van der Waals surface area contributed by atoms with Crippen LogP contribution < -0.4 is 5.56 Å². The van der Waals surface area contributed by atoms with Gasteiger partial charge in [0.25, 0.3) is 5.56 Å². The topological polar surface area (TPSA) is 66.0 Å². The molecule has 1 atom stereocenters. The number of aromatic amines is 1. The molecule has 0 aliphatic heterocycles. The average Bonchev–Trinajstić information content (AvgIpc) is 2.39. The lowest BCUT2D eigenvalue weighted by atomic mass is 10.1. The van der Waals surface area contributed by atoms with E-state index in [4.69, 9.17) is 11.6 Å². The molecule has 4 nitrogen and oxygen atoms in total. The zero-order chi connectivity index (χ0) is 14.0. The first kappa shape index (κ1) is 13.6. The van der Waals surface area contributed by atoms with Crippen molar-refractivity contribution >= 4 is 11.6 Å². The summed E-state index contributed by atoms with van der Waals surface area (Å²) in [7, 11) is 0. The highest BCUT2D eigenvalue weighted by Crippen LogP contribution is 2.30. The summed E-state index contributed by atoms with van der Waals surface area (Å²) in [6.07, 6.45) is 0.827. The zero-order valence-electron chi connectivity index (χ0n) is 10.8. The molecular weight excluding hydrogens is 264 g/mol. The van der Waals surface area contributed by atoms with Crippen molar-refractivity contribution in [1.82, 2.24) is 9.97 Å². The second kappa shape index (κ2) is 5.45. The van der Waals surface area contributed by atoms with Crippen molar-refractivity contribution < 1.29 is 5.11 Å². The molecule has 0 aliphatic carbocycles. The van der Waals surface area contributed by atoms with E-state index in [1.54, 1.807) is 24.3 Å². The standard InChI is InChI=1S/C14H15ClN2O2/c1-3-8(2)12-16-13(18)11(14(19)17-12)9-6-4-5-7-10(9)15/h4-8H,3H2,1-2H3,(H2,16,17,18,19). The fourth-order valence-corrected chi connectivity index (χ4v) is 2.04. The molecule has 5 heteroatoms. The van der Waals surface area contributed by atoms with Crippen LogP contribution in [-0.2, 0) is 0 Å². The maximum Gasteiger partial charge on any atom is 0.262 e. The normalized spacial score (nSPS) is 12.4. The van der Waals surface area contributed by atoms with Gasteiger partial charge in [-0.15, -0.1) is 0 Å². The number of halogens is 1. The number of rotatable bonds is 3. The van der Waals surface area contributed by atoms with E-state index >= 15 is 0 Å². The summed E-state index contributed by atoms with van der Waals surface area (Å²) in [5.41, 5.74) is 0.208. The van der Waals surface area contributed by atoms with Crippen LogP contribution in [0.1, 0.15) is 32.0 Å². The van der Waals surface area contributed by atoms with Crippen molar-refractivity contribution in [3.05, 3.63) is 45.5 Å². The Labute approximate surface area is 116 Å². The first-order valence-corrected chi connectivity index (χ1v) is 6.50. The van der Waals surface area contributed by atoms with Gasteiger partial charge in [-0.05, 0) is 12.5 Å². The van der Waals surface area contributed by atoms with E-state index in [0.29, 0.717) is 16.4 Å². The summed E-state index contributed by atoms with van der Waals surface area (Å²) >= 11 is 6.04. The van der Waals surface area contributed by atoms with Crippen LogP contribution in [0.4, 0.5) is 0 Å². The Morgan fingerprint density at radius 2 is 2.11 bits per heavy atom. The Balaban J connectivity index is 2.61. The molecule has 1 heterocycles. The Morgan fingerprint density at radius 3 is 2.68 bits per heavy atom. The molecule has 1 unspecified atom stereocenters. The fraction of sp³-hybridized carbons (Fsp3) is 0.286. The highest BCUT2D eigenvalue weighted by molar-refractivity contribution is 6.33. The molecule has 0 saturated carbocycles. The molecule has 0 saturated heterocycles. The first-order chi connectivity index (χ1) is 9.04. The van der Waals surface area contributed by atoms with Crippen molar-refractivity contribution in [3.8, 4) is 17.0 Å². The number of nitrogens with zero attached hydrogens (tertiary/aromatic N) is 1. The predicted molar refractivity (Wildman–Crippen MR) is 75.7 cm³/mol. The molecule has 0 radical (unpaired) electrons. The van der Waals surface area contributed by atoms with Crippen LogP contribution in [0, 0.1) is 0 Å². The van der Waals surface area contributed by atoms with Gasteiger partial charge in [0.1, 0.15) is 11.4 Å². The highest BCUT2D eigenvalue weighted by Gasteiger charge is 2.17. The lowest BCUT2D eigenvalue weighted by Crippen LogP contribution is -2.15. The SMILES string of the molecule is CCC(C)c1nc(O)c(-c2ccccc2Cl)c(=O)[nH]1. The van der Waals surface area contributed by atoms with E-state index in [-0.39, 0.29) is 22.9 Å². The third-order valence-corrected chi connectivity index (χ3v) is 3.47. The number of hydrogen-bond acceptors (Lipinski definition) is 3. The van der Waals surface area contributed by atoms with Crippen LogP contribution in [0.15, 0.2) is 29.1 Å². The molecule has 2 rings (SSSR count). The van der Waals surface area contributed by atoms with E-state index in [9.17, 15) is 9.90 Å². The fourth-order valence-electron chi connectivity index (χ4n) is 1.81. The second-order valence-electron chi connectivity index (χ2n) is 4.44. The Kier molecular flexibility index (Phi) is 3.90. The Bertz CT molecular complexity index is 652. The lowest BCUT2D eigenvalue weighted by Gasteiger charge is -2.10. The van der Waals surface area contributed by atoms with Gasteiger partial charge in [-0.1, -0.05) is 43.6 Å². The summed E-state index contributed by atoms with van der Waals surface area (Å²) in [6.45, 7) is 3.93. The van der Waals surface area contributed by atoms with Crippen LogP contribution in [0.25, 0.3) is 11.1 Å². The number of H-pyrrole nitrogens is 1. The van der Waals surface area contributed by atoms with Gasteiger partial charge in [0.15, 0.2) is 0 Å². The minimum absolute atomic E-state index is 0.0823. The van der Waals surface area contributed by atoms with Crippen LogP contribution in [0.3, 0.4) is 0 Å². The summed E-state index contributed by atoms with van der Waals surface area (Å²) in [4.78, 5) is 18.9. The number of benzene rings is 1. The molecule has 1 aromatic heterocycles. The van der Waals surface area contributed by atoms with E-state index in [0.717, 1.165) is 6.42 Å². The third kappa shape index (κ3) is 2.63. The molecular formula is C14H15ClN2O2. The minimum Gasteiger partial charge on any atom is -0.493 e. The number of aromatic hydroxyl groups is 1. The second-order valence-corrected chi connectivity index (χ2v) is 4.85. The van der Waals surface area contributed by atoms with E-state index in [1.807, 2.05) is 13.8 Å². The summed E-state index contributed by atoms with van der Waals surface area (Å²) in [6, 6.07) is 6.86. The lowest BCUT2D eigenvalue weighted by molar-refractivity contribution is 0.446. The van der Waals surface area contributed by atoms with Crippen LogP contribution in [0.2, 0.25) is 5.02 Å². The molecule has 19 heavy (non-hydrogen) atoms. The predicted octanol–water partition coefficient (Wildman–Crippen LogP) is 3.31. The van der Waals surface area contributed by atoms with Crippen molar-refractivity contribution in [2.24, 2.45) is 0 Å². The maximum atomic E-state index is 12.1. The average molecular weight is 279 g/mol. The van der Waals surface area contributed by atoms with Gasteiger partial charge in [0.2, 0.25) is 5.88 Å². The molecule has 0 amide bonds. The summed E-state index contributed by atoms with van der Waals surface area (Å²) in [5.74, 6) is 0.284. The van der Waals surface area contributed by atoms with Crippen molar-refractivity contribution in [1.29, 1.82) is 0 Å². The van der Waals surface area contributed by atoms with Crippen molar-refractivity contribution in [2.45, 2.75) is 26.2 Å². The minimum atomic E-state index is -0.379. The molecule has 0 bridgehead atoms. The monoisotopic (exact) mass is 278 g/mol. The van der Waals surface area contributed by atoms with Crippen molar-refractivity contribution in [3.63, 3.8) is 0 Å². The Hall–Kier alpha value is -1.81. The molecule has 100 valence electrons. The quantitative estimate of drug-likeness (QED) is 0.905. The van der Waals surface area contributed by atoms with Gasteiger partial charge < -0.3 is 10.1 Å². The highest BCUT2D eigenvalue weighted by atomic mass is 35.5. The van der Waals surface area contributed by atoms with Crippen LogP contribution >= 0.6 is 11.6 Å². The third-order valence-electron chi connectivity index (χ3n) is 3.14. The van der Waals surface area contributed by atoms with Gasteiger partial charge in [0.05, 0.1) is 0 Å². The van der Waals surface area contributed by atoms with Crippen molar-refractivity contribution in [2.75, 3.05) is 0 Å². The van der Waals surface area contributed by atoms with E-state index in [1.165, 1.54) is 0 Å². The number of nitrogens with one attached hydrogen (secondary N) is 1. The van der Waals surface area contributed by atoms with Crippen LogP contribution in [-0.4, -0.2) is 15.1 Å². The van der Waals surface area contributed by atoms with Crippen LogP contribution in [0.5, 0.6) is 5.88 Å². The smallest absolute Gasteiger partial charge is 0.262 e. The Morgan fingerprint density at radius 1 is 1.42 bits per heavy atom. The zero-order valence-corrected chi connectivity index (χ0v) is 11.5. The number of hydrogen-bond donors (Lipinski definition) is 2. The van der Waals surface area contributed by atoms with Gasteiger partial charge in [0, 0.05) is 16.5 Å². The molecule has 0 fully saturated rings. The first-order valence-electron chi connectivity index (χ1n) is 6.12. The van der Waals surface area contributed by atoms with E-state index in [2.05, 4.69) is 9.97 Å². The van der Waals surface area contributed by atoms with Gasteiger partial charge in [-0.25, -0.2) is 0 Å².